The summed E-state index contributed by atoms with van der Waals surface area (Å²) in [5.74, 6) is 1.08. The molecule has 2 rings (SSSR count). The summed E-state index contributed by atoms with van der Waals surface area (Å²) in [7, 11) is 1.53. The van der Waals surface area contributed by atoms with E-state index in [4.69, 9.17) is 21.1 Å². The predicted molar refractivity (Wildman–Crippen MR) is 79.0 cm³/mol. The molecule has 104 valence electrons. The number of Topliss-reactive ketones (excluding diaryl/α,β-unsaturated/α-hetero) is 1. The number of methoxy groups -OCH3 is 1. The molecule has 0 spiro atoms. The van der Waals surface area contributed by atoms with E-state index in [9.17, 15) is 4.79 Å². The Balaban J connectivity index is 2.01. The summed E-state index contributed by atoms with van der Waals surface area (Å²) >= 11 is 5.99. The van der Waals surface area contributed by atoms with Gasteiger partial charge in [0.05, 0.1) is 12.1 Å². The first kappa shape index (κ1) is 14.4. The van der Waals surface area contributed by atoms with E-state index in [1.165, 1.54) is 7.11 Å². The lowest BCUT2D eigenvalue weighted by atomic mass is 10.1. The van der Waals surface area contributed by atoms with Gasteiger partial charge in [0, 0.05) is 5.56 Å². The molecule has 0 heterocycles. The van der Waals surface area contributed by atoms with Crippen molar-refractivity contribution in [2.75, 3.05) is 13.7 Å². The van der Waals surface area contributed by atoms with Crippen molar-refractivity contribution in [1.29, 1.82) is 0 Å². The van der Waals surface area contributed by atoms with Gasteiger partial charge in [0.25, 0.3) is 0 Å². The van der Waals surface area contributed by atoms with Gasteiger partial charge in [0.1, 0.15) is 11.5 Å². The van der Waals surface area contributed by atoms with Gasteiger partial charge in [-0.3, -0.25) is 4.79 Å². The Bertz CT molecular complexity index is 606. The number of hydrogen-bond donors (Lipinski definition) is 0. The van der Waals surface area contributed by atoms with Gasteiger partial charge in [-0.05, 0) is 37.3 Å². The van der Waals surface area contributed by atoms with E-state index in [1.54, 1.807) is 18.2 Å². The maximum atomic E-state index is 12.0. The molecule has 0 amide bonds. The van der Waals surface area contributed by atoms with Crippen LogP contribution in [-0.4, -0.2) is 19.5 Å². The minimum atomic E-state index is -0.130. The monoisotopic (exact) mass is 290 g/mol. The van der Waals surface area contributed by atoms with Gasteiger partial charge >= 0.3 is 0 Å². The molecular formula is C16H15ClO3. The second kappa shape index (κ2) is 6.44. The maximum Gasteiger partial charge on any atom is 0.200 e. The molecule has 0 aliphatic carbocycles. The van der Waals surface area contributed by atoms with Crippen molar-refractivity contribution in [1.82, 2.24) is 0 Å². The van der Waals surface area contributed by atoms with Gasteiger partial charge < -0.3 is 9.47 Å². The van der Waals surface area contributed by atoms with Gasteiger partial charge in [-0.1, -0.05) is 29.3 Å². The second-order valence-corrected chi connectivity index (χ2v) is 4.78. The summed E-state index contributed by atoms with van der Waals surface area (Å²) in [6, 6.07) is 12.5. The van der Waals surface area contributed by atoms with Crippen LogP contribution in [0.1, 0.15) is 15.9 Å². The van der Waals surface area contributed by atoms with Crippen LogP contribution in [-0.2, 0) is 0 Å². The van der Waals surface area contributed by atoms with Gasteiger partial charge in [-0.2, -0.15) is 0 Å². The molecule has 3 nitrogen and oxygen atoms in total. The Morgan fingerprint density at radius 2 is 1.85 bits per heavy atom. The Labute approximate surface area is 123 Å². The first-order chi connectivity index (χ1) is 9.60. The fraction of sp³-hybridized carbons (Fsp3) is 0.188. The summed E-state index contributed by atoms with van der Waals surface area (Å²) < 4.78 is 10.5. The Morgan fingerprint density at radius 1 is 1.15 bits per heavy atom. The van der Waals surface area contributed by atoms with Crippen molar-refractivity contribution in [3.8, 4) is 11.5 Å². The second-order valence-electron chi connectivity index (χ2n) is 4.37. The average Bonchev–Trinajstić information content (AvgIpc) is 2.46. The lowest BCUT2D eigenvalue weighted by Gasteiger charge is -2.07. The molecule has 0 unspecified atom stereocenters. The number of halogens is 1. The molecule has 0 radical (unpaired) electrons. The number of ether oxygens (including phenoxy) is 2. The predicted octanol–water partition coefficient (Wildman–Crippen LogP) is 3.92. The fourth-order valence-corrected chi connectivity index (χ4v) is 1.96. The number of rotatable bonds is 5. The first-order valence-electron chi connectivity index (χ1n) is 6.16. The molecule has 4 heteroatoms. The summed E-state index contributed by atoms with van der Waals surface area (Å²) in [5, 5.41) is 0.411. The molecule has 0 aliphatic heterocycles. The Kier molecular flexibility index (Phi) is 4.64. The van der Waals surface area contributed by atoms with Crippen molar-refractivity contribution < 1.29 is 14.3 Å². The molecular weight excluding hydrogens is 276 g/mol. The van der Waals surface area contributed by atoms with E-state index in [2.05, 4.69) is 0 Å². The van der Waals surface area contributed by atoms with Crippen LogP contribution in [0.3, 0.4) is 0 Å². The van der Waals surface area contributed by atoms with Crippen molar-refractivity contribution in [3.05, 3.63) is 58.6 Å². The van der Waals surface area contributed by atoms with Crippen LogP contribution in [0.2, 0.25) is 5.02 Å². The maximum absolute atomic E-state index is 12.0. The summed E-state index contributed by atoms with van der Waals surface area (Å²) in [6.45, 7) is 1.97. The van der Waals surface area contributed by atoms with E-state index in [1.807, 2.05) is 31.2 Å². The molecule has 0 aromatic heterocycles. The highest BCUT2D eigenvalue weighted by molar-refractivity contribution is 6.32. The highest BCUT2D eigenvalue weighted by Gasteiger charge is 2.10. The van der Waals surface area contributed by atoms with Crippen molar-refractivity contribution in [3.63, 3.8) is 0 Å². The van der Waals surface area contributed by atoms with E-state index in [-0.39, 0.29) is 12.4 Å². The molecule has 2 aromatic rings. The zero-order valence-electron chi connectivity index (χ0n) is 11.4. The molecule has 0 atom stereocenters. The molecule has 20 heavy (non-hydrogen) atoms. The third-order valence-corrected chi connectivity index (χ3v) is 3.16. The number of hydrogen-bond acceptors (Lipinski definition) is 3. The summed E-state index contributed by atoms with van der Waals surface area (Å²) in [4.78, 5) is 12.0. The van der Waals surface area contributed by atoms with E-state index in [0.717, 1.165) is 5.56 Å². The van der Waals surface area contributed by atoms with Crippen molar-refractivity contribution in [2.24, 2.45) is 0 Å². The zero-order chi connectivity index (χ0) is 14.5. The van der Waals surface area contributed by atoms with Gasteiger partial charge in [0.2, 0.25) is 0 Å². The first-order valence-corrected chi connectivity index (χ1v) is 6.54. The SMILES string of the molecule is COc1ccc(C(=O)COc2ccc(C)cc2)cc1Cl. The smallest absolute Gasteiger partial charge is 0.200 e. The summed E-state index contributed by atoms with van der Waals surface area (Å²) in [5.41, 5.74) is 1.65. The minimum Gasteiger partial charge on any atom is -0.495 e. The van der Waals surface area contributed by atoms with Crippen molar-refractivity contribution in [2.45, 2.75) is 6.92 Å². The largest absolute Gasteiger partial charge is 0.495 e. The van der Waals surface area contributed by atoms with Crippen LogP contribution in [0.5, 0.6) is 11.5 Å². The Hall–Kier alpha value is -2.00. The van der Waals surface area contributed by atoms with Crippen LogP contribution < -0.4 is 9.47 Å². The molecule has 0 saturated heterocycles. The highest BCUT2D eigenvalue weighted by Crippen LogP contribution is 2.25. The number of carbonyl (C=O) groups is 1. The quantitative estimate of drug-likeness (QED) is 0.783. The van der Waals surface area contributed by atoms with E-state index >= 15 is 0 Å². The van der Waals surface area contributed by atoms with Crippen LogP contribution >= 0.6 is 11.6 Å². The Morgan fingerprint density at radius 3 is 2.45 bits per heavy atom. The lowest BCUT2D eigenvalue weighted by Crippen LogP contribution is -2.11. The zero-order valence-corrected chi connectivity index (χ0v) is 12.1. The van der Waals surface area contributed by atoms with E-state index in [0.29, 0.717) is 22.1 Å². The van der Waals surface area contributed by atoms with Crippen LogP contribution in [0.4, 0.5) is 0 Å². The molecule has 2 aromatic carbocycles. The normalized spacial score (nSPS) is 10.2. The standard InChI is InChI=1S/C16H15ClO3/c1-11-3-6-13(7-4-11)20-10-15(18)12-5-8-16(19-2)14(17)9-12/h3-9H,10H2,1-2H3. The topological polar surface area (TPSA) is 35.5 Å². The molecule has 0 fully saturated rings. The number of ketones is 1. The number of carbonyl (C=O) groups excluding carboxylic acids is 1. The number of aryl methyl sites for hydroxylation is 1. The molecule has 0 bridgehead atoms. The third kappa shape index (κ3) is 3.52. The van der Waals surface area contributed by atoms with Gasteiger partial charge in [0.15, 0.2) is 12.4 Å². The molecule has 0 N–H and O–H groups in total. The highest BCUT2D eigenvalue weighted by atomic mass is 35.5. The van der Waals surface area contributed by atoms with Crippen LogP contribution in [0.25, 0.3) is 0 Å². The fourth-order valence-electron chi connectivity index (χ4n) is 1.71. The average molecular weight is 291 g/mol. The lowest BCUT2D eigenvalue weighted by molar-refractivity contribution is 0.0921. The van der Waals surface area contributed by atoms with Crippen LogP contribution in [0, 0.1) is 6.92 Å². The van der Waals surface area contributed by atoms with Crippen LogP contribution in [0.15, 0.2) is 42.5 Å². The van der Waals surface area contributed by atoms with Gasteiger partial charge in [-0.15, -0.1) is 0 Å². The minimum absolute atomic E-state index is 0.0221. The summed E-state index contributed by atoms with van der Waals surface area (Å²) in [6.07, 6.45) is 0. The third-order valence-electron chi connectivity index (χ3n) is 2.86. The van der Waals surface area contributed by atoms with E-state index < -0.39 is 0 Å². The molecule has 0 saturated carbocycles. The van der Waals surface area contributed by atoms with Gasteiger partial charge in [-0.25, -0.2) is 0 Å². The van der Waals surface area contributed by atoms with Crippen molar-refractivity contribution >= 4 is 17.4 Å². The molecule has 0 aliphatic rings. The number of benzene rings is 2.